The molecule has 0 aliphatic heterocycles. The molecule has 4 saturated carbocycles. The van der Waals surface area contributed by atoms with Crippen molar-refractivity contribution in [2.75, 3.05) is 7.11 Å². The van der Waals surface area contributed by atoms with Crippen molar-refractivity contribution in [2.45, 2.75) is 50.9 Å². The zero-order valence-electron chi connectivity index (χ0n) is 16.8. The fraction of sp³-hybridized carbons (Fsp3) is 0.480. The van der Waals surface area contributed by atoms with Gasteiger partial charge in [0.05, 0.1) is 12.8 Å². The Morgan fingerprint density at radius 2 is 1.68 bits per heavy atom. The number of phenolic OH excluding ortho intramolecular Hbond substituents is 1. The van der Waals surface area contributed by atoms with E-state index in [4.69, 9.17) is 9.73 Å². The van der Waals surface area contributed by atoms with Crippen LogP contribution < -0.4 is 4.74 Å². The molecule has 0 radical (unpaired) electrons. The number of aromatic hydroxyl groups is 1. The van der Waals surface area contributed by atoms with E-state index in [1.165, 1.54) is 49.7 Å². The Morgan fingerprint density at radius 3 is 2.32 bits per heavy atom. The highest BCUT2D eigenvalue weighted by molar-refractivity contribution is 5.83. The fourth-order valence-electron chi connectivity index (χ4n) is 6.46. The molecule has 0 spiro atoms. The van der Waals surface area contributed by atoms with E-state index in [2.05, 4.69) is 25.1 Å². The van der Waals surface area contributed by atoms with Gasteiger partial charge >= 0.3 is 0 Å². The van der Waals surface area contributed by atoms with Gasteiger partial charge in [0, 0.05) is 6.21 Å². The summed E-state index contributed by atoms with van der Waals surface area (Å²) in [4.78, 5) is 4.81. The molecule has 0 atom stereocenters. The molecule has 0 saturated heterocycles. The van der Waals surface area contributed by atoms with Gasteiger partial charge in [0.1, 0.15) is 0 Å². The molecule has 0 aromatic heterocycles. The first-order valence-electron chi connectivity index (χ1n) is 10.6. The number of hydrogen-bond acceptors (Lipinski definition) is 3. The molecule has 0 amide bonds. The van der Waals surface area contributed by atoms with Gasteiger partial charge in [0.25, 0.3) is 0 Å². The van der Waals surface area contributed by atoms with Crippen molar-refractivity contribution in [2.24, 2.45) is 22.7 Å². The molecule has 4 fully saturated rings. The lowest BCUT2D eigenvalue weighted by Gasteiger charge is -2.57. The molecule has 2 aromatic carbocycles. The summed E-state index contributed by atoms with van der Waals surface area (Å²) in [6, 6.07) is 12.3. The minimum absolute atomic E-state index is 0.152. The van der Waals surface area contributed by atoms with E-state index in [-0.39, 0.29) is 5.75 Å². The first-order valence-corrected chi connectivity index (χ1v) is 10.6. The zero-order chi connectivity index (χ0) is 19.3. The molecule has 28 heavy (non-hydrogen) atoms. The molecule has 3 nitrogen and oxygen atoms in total. The summed E-state index contributed by atoms with van der Waals surface area (Å²) >= 11 is 0. The molecule has 0 unspecified atom stereocenters. The summed E-state index contributed by atoms with van der Waals surface area (Å²) in [5.41, 5.74) is 5.09. The summed E-state index contributed by atoms with van der Waals surface area (Å²) < 4.78 is 5.21. The molecule has 1 N–H and O–H groups in total. The normalized spacial score (nSPS) is 30.9. The average molecular weight is 376 g/mol. The minimum atomic E-state index is 0.152. The lowest BCUT2D eigenvalue weighted by molar-refractivity contribution is -0.00517. The number of rotatable bonds is 4. The molecule has 0 heterocycles. The van der Waals surface area contributed by atoms with Crippen LogP contribution in [-0.2, 0) is 5.41 Å². The monoisotopic (exact) mass is 375 g/mol. The molecule has 2 aromatic rings. The number of hydrogen-bond donors (Lipinski definition) is 1. The van der Waals surface area contributed by atoms with Crippen LogP contribution in [0.1, 0.15) is 55.2 Å². The van der Waals surface area contributed by atoms with Gasteiger partial charge in [-0.2, -0.15) is 0 Å². The van der Waals surface area contributed by atoms with Crippen LogP contribution in [-0.4, -0.2) is 18.4 Å². The van der Waals surface area contributed by atoms with Crippen LogP contribution in [0, 0.1) is 24.7 Å². The Kier molecular flexibility index (Phi) is 4.22. The predicted molar refractivity (Wildman–Crippen MR) is 113 cm³/mol. The first kappa shape index (κ1) is 17.8. The third-order valence-electron chi connectivity index (χ3n) is 7.42. The smallest absolute Gasteiger partial charge is 0.161 e. The van der Waals surface area contributed by atoms with Crippen molar-refractivity contribution in [1.82, 2.24) is 0 Å². The Labute approximate surface area is 167 Å². The summed E-state index contributed by atoms with van der Waals surface area (Å²) in [5, 5.41) is 9.78. The molecule has 146 valence electrons. The number of aryl methyl sites for hydroxylation is 1. The number of aliphatic imine (C=N–C) groups is 1. The summed E-state index contributed by atoms with van der Waals surface area (Å²) in [7, 11) is 1.56. The second kappa shape index (κ2) is 6.65. The van der Waals surface area contributed by atoms with Crippen molar-refractivity contribution in [1.29, 1.82) is 0 Å². The van der Waals surface area contributed by atoms with E-state index in [0.717, 1.165) is 29.0 Å². The average Bonchev–Trinajstić information content (AvgIpc) is 2.67. The second-order valence-corrected chi connectivity index (χ2v) is 9.39. The van der Waals surface area contributed by atoms with Crippen molar-refractivity contribution in [3.05, 3.63) is 53.1 Å². The number of benzene rings is 2. The van der Waals surface area contributed by atoms with Crippen molar-refractivity contribution in [3.8, 4) is 11.5 Å². The Balaban J connectivity index is 1.45. The number of nitrogens with zero attached hydrogens (tertiary/aromatic N) is 1. The minimum Gasteiger partial charge on any atom is -0.504 e. The van der Waals surface area contributed by atoms with Crippen LogP contribution in [0.15, 0.2) is 41.4 Å². The maximum atomic E-state index is 9.78. The molecule has 4 aliphatic rings. The van der Waals surface area contributed by atoms with Crippen LogP contribution in [0.4, 0.5) is 5.69 Å². The van der Waals surface area contributed by atoms with Crippen LogP contribution in [0.3, 0.4) is 0 Å². The van der Waals surface area contributed by atoms with Crippen molar-refractivity contribution in [3.63, 3.8) is 0 Å². The molecule has 4 bridgehead atoms. The summed E-state index contributed by atoms with van der Waals surface area (Å²) in [6.45, 7) is 2.13. The van der Waals surface area contributed by atoms with Crippen molar-refractivity contribution >= 4 is 11.9 Å². The third kappa shape index (κ3) is 3.01. The molecular weight excluding hydrogens is 346 g/mol. The van der Waals surface area contributed by atoms with Gasteiger partial charge in [0.2, 0.25) is 0 Å². The van der Waals surface area contributed by atoms with Crippen LogP contribution >= 0.6 is 0 Å². The van der Waals surface area contributed by atoms with Crippen LogP contribution in [0.5, 0.6) is 11.5 Å². The van der Waals surface area contributed by atoms with Gasteiger partial charge < -0.3 is 9.84 Å². The SMILES string of the molecule is COc1cc(C=Nc2cc(C34CC5CC(CC(C5)C3)C4)ccc2C)ccc1O. The van der Waals surface area contributed by atoms with E-state index in [1.54, 1.807) is 13.2 Å². The Morgan fingerprint density at radius 1 is 1.00 bits per heavy atom. The summed E-state index contributed by atoms with van der Waals surface area (Å²) in [5.74, 6) is 3.47. The highest BCUT2D eigenvalue weighted by Crippen LogP contribution is 2.60. The second-order valence-electron chi connectivity index (χ2n) is 9.39. The van der Waals surface area contributed by atoms with Gasteiger partial charge in [-0.25, -0.2) is 0 Å². The fourth-order valence-corrected chi connectivity index (χ4v) is 6.46. The molecule has 4 aliphatic carbocycles. The zero-order valence-corrected chi connectivity index (χ0v) is 16.8. The van der Waals surface area contributed by atoms with Crippen LogP contribution in [0.25, 0.3) is 0 Å². The number of ether oxygens (including phenoxy) is 1. The van der Waals surface area contributed by atoms with E-state index in [1.807, 2.05) is 18.3 Å². The van der Waals surface area contributed by atoms with Crippen molar-refractivity contribution < 1.29 is 9.84 Å². The molecule has 3 heteroatoms. The quantitative estimate of drug-likeness (QED) is 0.673. The Hall–Kier alpha value is -2.29. The lowest BCUT2D eigenvalue weighted by Crippen LogP contribution is -2.48. The molecule has 6 rings (SSSR count). The van der Waals surface area contributed by atoms with Crippen LogP contribution in [0.2, 0.25) is 0 Å². The van der Waals surface area contributed by atoms with E-state index in [9.17, 15) is 5.11 Å². The van der Waals surface area contributed by atoms with Gasteiger partial charge in [-0.1, -0.05) is 12.1 Å². The van der Waals surface area contributed by atoms with Gasteiger partial charge in [-0.15, -0.1) is 0 Å². The van der Waals surface area contributed by atoms with Gasteiger partial charge in [-0.05, 0) is 110 Å². The highest BCUT2D eigenvalue weighted by Gasteiger charge is 2.51. The standard InChI is InChI=1S/C25H29NO2/c1-16-3-5-21(25-12-18-7-19(13-25)9-20(8-18)14-25)11-22(16)26-15-17-4-6-23(27)24(10-17)28-2/h3-6,10-11,15,18-20,27H,7-9,12-14H2,1-2H3. The maximum Gasteiger partial charge on any atom is 0.161 e. The first-order chi connectivity index (χ1) is 13.5. The van der Waals surface area contributed by atoms with Gasteiger partial charge in [-0.3, -0.25) is 4.99 Å². The third-order valence-corrected chi connectivity index (χ3v) is 7.42. The van der Waals surface area contributed by atoms with Gasteiger partial charge in [0.15, 0.2) is 11.5 Å². The maximum absolute atomic E-state index is 9.78. The Bertz CT molecular complexity index is 895. The van der Waals surface area contributed by atoms with E-state index < -0.39 is 0 Å². The highest BCUT2D eigenvalue weighted by atomic mass is 16.5. The topological polar surface area (TPSA) is 41.8 Å². The predicted octanol–water partition coefficient (Wildman–Crippen LogP) is 5.93. The summed E-state index contributed by atoms with van der Waals surface area (Å²) in [6.07, 6.45) is 10.4. The lowest BCUT2D eigenvalue weighted by atomic mass is 9.48. The number of phenols is 1. The molecular formula is C25H29NO2. The van der Waals surface area contributed by atoms with E-state index in [0.29, 0.717) is 11.2 Å². The number of methoxy groups -OCH3 is 1. The largest absolute Gasteiger partial charge is 0.504 e. The van der Waals surface area contributed by atoms with E-state index >= 15 is 0 Å².